The molecule has 0 nitrogen and oxygen atoms in total. The van der Waals surface area contributed by atoms with Crippen LogP contribution in [0.2, 0.25) is 0 Å². The van der Waals surface area contributed by atoms with Crippen molar-refractivity contribution >= 4 is 0 Å². The SMILES string of the molecule is C.C.[Fe].[Fe].[Pt].[Pt]. The first-order chi connectivity index (χ1) is 0. The monoisotopic (exact) mass is 534 g/mol. The molecular weight excluding hydrogens is 526 g/mol. The number of hydrogen-bond donors (Lipinski definition) is 0. The maximum Gasteiger partial charge on any atom is 0 e. The summed E-state index contributed by atoms with van der Waals surface area (Å²) in [5, 5.41) is 0. The van der Waals surface area contributed by atoms with Crippen LogP contribution in [0.1, 0.15) is 14.9 Å². The van der Waals surface area contributed by atoms with E-state index < -0.39 is 0 Å². The molecule has 0 radical (unpaired) electrons. The fourth-order valence-electron chi connectivity index (χ4n) is 0. The van der Waals surface area contributed by atoms with Gasteiger partial charge in [0.1, 0.15) is 0 Å². The molecule has 0 aromatic heterocycles. The van der Waals surface area contributed by atoms with Crippen molar-refractivity contribution < 1.29 is 76.3 Å². The van der Waals surface area contributed by atoms with Gasteiger partial charge in [-0.25, -0.2) is 0 Å². The summed E-state index contributed by atoms with van der Waals surface area (Å²) in [6.45, 7) is 0. The molecule has 4 heteroatoms. The van der Waals surface area contributed by atoms with Gasteiger partial charge in [-0.3, -0.25) is 0 Å². The first-order valence-electron chi connectivity index (χ1n) is 0. The van der Waals surface area contributed by atoms with Gasteiger partial charge in [0.2, 0.25) is 0 Å². The van der Waals surface area contributed by atoms with Crippen molar-refractivity contribution in [2.75, 3.05) is 0 Å². The summed E-state index contributed by atoms with van der Waals surface area (Å²) in [5.74, 6) is 0. The van der Waals surface area contributed by atoms with Crippen molar-refractivity contribution in [3.05, 3.63) is 0 Å². The minimum atomic E-state index is 0. The topological polar surface area (TPSA) is 0 Å². The Bertz CT molecular complexity index is 9.51. The van der Waals surface area contributed by atoms with Crippen LogP contribution >= 0.6 is 0 Å². The molecule has 0 saturated carbocycles. The summed E-state index contributed by atoms with van der Waals surface area (Å²) in [6, 6.07) is 0. The Labute approximate surface area is 90.1 Å². The van der Waals surface area contributed by atoms with E-state index in [2.05, 4.69) is 0 Å². The Kier molecular flexibility index (Phi) is 691. The summed E-state index contributed by atoms with van der Waals surface area (Å²) >= 11 is 0. The van der Waals surface area contributed by atoms with E-state index in [4.69, 9.17) is 0 Å². The van der Waals surface area contributed by atoms with Gasteiger partial charge in [0.25, 0.3) is 0 Å². The summed E-state index contributed by atoms with van der Waals surface area (Å²) in [6.07, 6.45) is 0. The normalized spacial score (nSPS) is 0. The standard InChI is InChI=1S/2CH4.2Fe.2Pt/h2*1H4;;;;. The molecule has 0 fully saturated rings. The molecule has 0 bridgehead atoms. The van der Waals surface area contributed by atoms with Crippen LogP contribution in [0.3, 0.4) is 0 Å². The van der Waals surface area contributed by atoms with E-state index in [1.165, 1.54) is 0 Å². The maximum absolute atomic E-state index is 0. The van der Waals surface area contributed by atoms with Crippen molar-refractivity contribution in [3.63, 3.8) is 0 Å². The molecule has 0 unspecified atom stereocenters. The van der Waals surface area contributed by atoms with E-state index in [1.807, 2.05) is 0 Å². The van der Waals surface area contributed by atoms with Crippen LogP contribution in [-0.2, 0) is 76.3 Å². The molecule has 0 spiro atoms. The second kappa shape index (κ2) is 52.3. The molecule has 0 aliphatic carbocycles. The third-order valence-electron chi connectivity index (χ3n) is 0. The summed E-state index contributed by atoms with van der Waals surface area (Å²) < 4.78 is 0. The van der Waals surface area contributed by atoms with Gasteiger partial charge in [-0.05, 0) is 0 Å². The molecule has 52 valence electrons. The van der Waals surface area contributed by atoms with Crippen molar-refractivity contribution in [1.82, 2.24) is 0 Å². The fourth-order valence-corrected chi connectivity index (χ4v) is 0. The first-order valence-corrected chi connectivity index (χ1v) is 0. The van der Waals surface area contributed by atoms with Crippen LogP contribution in [0.4, 0.5) is 0 Å². The average molecular weight is 534 g/mol. The predicted octanol–water partition coefficient (Wildman–Crippen LogP) is 1.26. The zero-order valence-corrected chi connectivity index (χ0v) is 8.09. The molecule has 6 heavy (non-hydrogen) atoms. The van der Waals surface area contributed by atoms with E-state index in [-0.39, 0.29) is 91.1 Å². The molecular formula is C2H8Fe2Pt2. The largest absolute Gasteiger partial charge is 0.0776 e. The Morgan fingerprint density at radius 1 is 0.500 bits per heavy atom. The smallest absolute Gasteiger partial charge is 0 e. The Morgan fingerprint density at radius 2 is 0.500 bits per heavy atom. The van der Waals surface area contributed by atoms with Gasteiger partial charge in [-0.2, -0.15) is 0 Å². The van der Waals surface area contributed by atoms with Gasteiger partial charge in [-0.1, -0.05) is 14.9 Å². The second-order valence-electron chi connectivity index (χ2n) is 0. The molecule has 0 aliphatic heterocycles. The molecule has 0 aromatic rings. The van der Waals surface area contributed by atoms with Gasteiger partial charge >= 0.3 is 0 Å². The Hall–Kier alpha value is 2.42. The third kappa shape index (κ3) is 32.2. The minimum Gasteiger partial charge on any atom is -0.0776 e. The van der Waals surface area contributed by atoms with Gasteiger partial charge in [0.15, 0.2) is 0 Å². The van der Waals surface area contributed by atoms with E-state index in [0.29, 0.717) is 0 Å². The van der Waals surface area contributed by atoms with Gasteiger partial charge < -0.3 is 0 Å². The van der Waals surface area contributed by atoms with E-state index in [9.17, 15) is 0 Å². The average Bonchev–Trinajstić information content (AvgIpc) is 0. The van der Waals surface area contributed by atoms with Crippen molar-refractivity contribution in [3.8, 4) is 0 Å². The molecule has 0 N–H and O–H groups in total. The zero-order chi connectivity index (χ0) is 0. The third-order valence-corrected chi connectivity index (χ3v) is 0. The summed E-state index contributed by atoms with van der Waals surface area (Å²) in [7, 11) is 0. The minimum absolute atomic E-state index is 0. The quantitative estimate of drug-likeness (QED) is 0.412. The Balaban J connectivity index is 0. The molecule has 0 aliphatic rings. The van der Waals surface area contributed by atoms with Crippen LogP contribution in [0.15, 0.2) is 0 Å². The second-order valence-corrected chi connectivity index (χ2v) is 0. The molecule has 0 saturated heterocycles. The van der Waals surface area contributed by atoms with Crippen LogP contribution in [0.25, 0.3) is 0 Å². The Morgan fingerprint density at radius 3 is 0.500 bits per heavy atom. The van der Waals surface area contributed by atoms with Crippen LogP contribution in [-0.4, -0.2) is 0 Å². The summed E-state index contributed by atoms with van der Waals surface area (Å²) in [5.41, 5.74) is 0. The first kappa shape index (κ1) is 79.3. The van der Waals surface area contributed by atoms with Gasteiger partial charge in [0, 0.05) is 76.3 Å². The van der Waals surface area contributed by atoms with Gasteiger partial charge in [0.05, 0.1) is 0 Å². The molecule has 0 rings (SSSR count). The molecule has 0 amide bonds. The maximum atomic E-state index is 0. The fraction of sp³-hybridized carbons (Fsp3) is 1.00. The van der Waals surface area contributed by atoms with Gasteiger partial charge in [-0.15, -0.1) is 0 Å². The van der Waals surface area contributed by atoms with E-state index in [0.717, 1.165) is 0 Å². The molecule has 0 atom stereocenters. The van der Waals surface area contributed by atoms with Crippen molar-refractivity contribution in [2.24, 2.45) is 0 Å². The van der Waals surface area contributed by atoms with Crippen molar-refractivity contribution in [2.45, 2.75) is 14.9 Å². The van der Waals surface area contributed by atoms with E-state index >= 15 is 0 Å². The zero-order valence-electron chi connectivity index (χ0n) is 1.34. The predicted molar refractivity (Wildman–Crippen MR) is 13.5 cm³/mol. The molecule has 0 aromatic carbocycles. The summed E-state index contributed by atoms with van der Waals surface area (Å²) in [4.78, 5) is 0. The van der Waals surface area contributed by atoms with Crippen LogP contribution < -0.4 is 0 Å². The number of hydrogen-bond acceptors (Lipinski definition) is 0. The number of rotatable bonds is 0. The van der Waals surface area contributed by atoms with Crippen LogP contribution in [0, 0.1) is 0 Å². The van der Waals surface area contributed by atoms with E-state index in [1.54, 1.807) is 0 Å². The molecule has 0 heterocycles. The van der Waals surface area contributed by atoms with Crippen LogP contribution in [0.5, 0.6) is 0 Å². The van der Waals surface area contributed by atoms with Crippen molar-refractivity contribution in [1.29, 1.82) is 0 Å².